The SMILES string of the molecule is [BaH2].[BaH2].[O-2].[O-2].[O-2].[O-2].[O-2].[Ta+5].[Ta+5]. The van der Waals surface area contributed by atoms with Crippen LogP contribution < -0.4 is 0 Å². The minimum atomic E-state index is 0. The van der Waals surface area contributed by atoms with Crippen molar-refractivity contribution in [1.29, 1.82) is 0 Å². The van der Waals surface area contributed by atoms with E-state index in [0.29, 0.717) is 0 Å². The minimum absolute atomic E-state index is 0. The molecule has 0 atom stereocenters. The second kappa shape index (κ2) is 82.9. The van der Waals surface area contributed by atoms with Crippen molar-refractivity contribution in [1.82, 2.24) is 0 Å². The van der Waals surface area contributed by atoms with E-state index in [9.17, 15) is 0 Å². The fourth-order valence-corrected chi connectivity index (χ4v) is 0. The molecule has 0 aromatic rings. The van der Waals surface area contributed by atoms with Crippen LogP contribution in [0.1, 0.15) is 0 Å². The molecule has 0 saturated heterocycles. The molecule has 0 aromatic carbocycles. The average molecular weight is 721 g/mol. The Morgan fingerprint density at radius 3 is 0.333 bits per heavy atom. The molecular formula is H4Ba2O5Ta2. The van der Waals surface area contributed by atoms with Crippen LogP contribution in [0.25, 0.3) is 0 Å². The summed E-state index contributed by atoms with van der Waals surface area (Å²) in [6.45, 7) is 0. The Kier molecular flexibility index (Phi) is 975. The van der Waals surface area contributed by atoms with Gasteiger partial charge in [-0.15, -0.1) is 0 Å². The first kappa shape index (κ1) is 106. The molecule has 0 heterocycles. The smallest absolute Gasteiger partial charge is 2.00 e. The first-order valence-corrected chi connectivity index (χ1v) is 0. The van der Waals surface area contributed by atoms with Crippen molar-refractivity contribution < 1.29 is 72.1 Å². The van der Waals surface area contributed by atoms with Crippen molar-refractivity contribution in [3.05, 3.63) is 0 Å². The average Bonchev–Trinajstić information content (AvgIpc) is 0. The minimum Gasteiger partial charge on any atom is -2.00 e. The summed E-state index contributed by atoms with van der Waals surface area (Å²) >= 11 is 0. The maximum atomic E-state index is 0. The Labute approximate surface area is 165 Å². The van der Waals surface area contributed by atoms with Gasteiger partial charge in [0.05, 0.1) is 0 Å². The van der Waals surface area contributed by atoms with Gasteiger partial charge in [-0.2, -0.15) is 0 Å². The fraction of sp³-hybridized carbons (Fsp3) is 0. The normalized spacial score (nSPS) is 0. The zero-order valence-electron chi connectivity index (χ0n) is 2.94. The van der Waals surface area contributed by atoms with Crippen molar-refractivity contribution in [2.45, 2.75) is 0 Å². The van der Waals surface area contributed by atoms with Gasteiger partial charge < -0.3 is 27.4 Å². The molecule has 0 amide bonds. The van der Waals surface area contributed by atoms with Crippen molar-refractivity contribution in [2.24, 2.45) is 0 Å². The summed E-state index contributed by atoms with van der Waals surface area (Å²) in [5.41, 5.74) is 0. The molecule has 0 N–H and O–H groups in total. The van der Waals surface area contributed by atoms with E-state index in [1.165, 1.54) is 0 Å². The Balaban J connectivity index is 0. The largest absolute Gasteiger partial charge is 5.00 e. The molecule has 0 unspecified atom stereocenters. The molecule has 0 rings (SSSR count). The van der Waals surface area contributed by atoms with Crippen LogP contribution >= 0.6 is 0 Å². The first-order chi connectivity index (χ1) is 0. The molecule has 48 valence electrons. The number of hydrogen-bond acceptors (Lipinski definition) is 0. The van der Waals surface area contributed by atoms with Crippen LogP contribution in [-0.2, 0) is 72.1 Å². The van der Waals surface area contributed by atoms with Gasteiger partial charge in [0.1, 0.15) is 0 Å². The molecule has 0 fully saturated rings. The topological polar surface area (TPSA) is 142 Å². The predicted molar refractivity (Wildman–Crippen MR) is 20.5 cm³/mol. The molecule has 0 radical (unpaired) electrons. The second-order valence-corrected chi connectivity index (χ2v) is 0. The van der Waals surface area contributed by atoms with Gasteiger partial charge in [-0.05, 0) is 0 Å². The first-order valence-electron chi connectivity index (χ1n) is 0. The molecule has 9 heavy (non-hydrogen) atoms. The van der Waals surface area contributed by atoms with Gasteiger partial charge in [0, 0.05) is 0 Å². The molecule has 0 saturated carbocycles. The summed E-state index contributed by atoms with van der Waals surface area (Å²) in [5, 5.41) is 0. The Morgan fingerprint density at radius 1 is 0.333 bits per heavy atom. The van der Waals surface area contributed by atoms with E-state index in [-0.39, 0.29) is 170 Å². The van der Waals surface area contributed by atoms with E-state index in [2.05, 4.69) is 0 Å². The molecule has 0 aliphatic heterocycles. The third-order valence-electron chi connectivity index (χ3n) is 0. The van der Waals surface area contributed by atoms with Crippen LogP contribution in [0.2, 0.25) is 0 Å². The summed E-state index contributed by atoms with van der Waals surface area (Å²) < 4.78 is 0. The molecule has 0 aliphatic rings. The van der Waals surface area contributed by atoms with E-state index in [1.807, 2.05) is 0 Å². The van der Waals surface area contributed by atoms with Crippen molar-refractivity contribution in [3.8, 4) is 0 Å². The molecular weight excluding hydrogens is 717 g/mol. The van der Waals surface area contributed by atoms with Crippen LogP contribution in [0.4, 0.5) is 0 Å². The van der Waals surface area contributed by atoms with Crippen LogP contribution in [0, 0.1) is 0 Å². The summed E-state index contributed by atoms with van der Waals surface area (Å²) in [4.78, 5) is 0. The Bertz CT molecular complexity index is 12.9. The van der Waals surface area contributed by atoms with Crippen LogP contribution in [0.5, 0.6) is 0 Å². The number of rotatable bonds is 0. The Hall–Kier alpha value is 4.42. The summed E-state index contributed by atoms with van der Waals surface area (Å²) in [5.74, 6) is 0. The molecule has 5 nitrogen and oxygen atoms in total. The summed E-state index contributed by atoms with van der Waals surface area (Å²) in [6.07, 6.45) is 0. The van der Waals surface area contributed by atoms with Gasteiger partial charge in [0.25, 0.3) is 0 Å². The summed E-state index contributed by atoms with van der Waals surface area (Å²) in [6, 6.07) is 0. The van der Waals surface area contributed by atoms with E-state index in [1.54, 1.807) is 0 Å². The third kappa shape index (κ3) is 69.0. The van der Waals surface area contributed by atoms with Gasteiger partial charge in [-0.25, -0.2) is 0 Å². The fourth-order valence-electron chi connectivity index (χ4n) is 0. The van der Waals surface area contributed by atoms with E-state index < -0.39 is 0 Å². The van der Waals surface area contributed by atoms with Gasteiger partial charge in [0.2, 0.25) is 0 Å². The monoisotopic (exact) mass is 722 g/mol. The molecule has 0 bridgehead atoms. The maximum Gasteiger partial charge on any atom is 5.00 e. The van der Waals surface area contributed by atoms with Crippen molar-refractivity contribution >= 4 is 97.8 Å². The van der Waals surface area contributed by atoms with Crippen molar-refractivity contribution in [2.75, 3.05) is 0 Å². The van der Waals surface area contributed by atoms with E-state index in [0.717, 1.165) is 0 Å². The van der Waals surface area contributed by atoms with Gasteiger partial charge in [-0.3, -0.25) is 0 Å². The van der Waals surface area contributed by atoms with Gasteiger partial charge >= 0.3 is 143 Å². The number of hydrogen-bond donors (Lipinski definition) is 0. The van der Waals surface area contributed by atoms with Gasteiger partial charge in [0.15, 0.2) is 0 Å². The molecule has 0 aromatic heterocycles. The Morgan fingerprint density at radius 2 is 0.333 bits per heavy atom. The maximum absolute atomic E-state index is 0. The molecule has 0 spiro atoms. The van der Waals surface area contributed by atoms with Crippen LogP contribution in [-0.4, -0.2) is 97.8 Å². The standard InChI is InChI=1S/2Ba.5O.2Ta.4H/q;;5*-2;2*+5;;;;. The quantitative estimate of drug-likeness (QED) is 0.246. The third-order valence-corrected chi connectivity index (χ3v) is 0. The van der Waals surface area contributed by atoms with E-state index >= 15 is 0 Å². The van der Waals surface area contributed by atoms with Crippen LogP contribution in [0.15, 0.2) is 0 Å². The van der Waals surface area contributed by atoms with E-state index in [4.69, 9.17) is 0 Å². The second-order valence-electron chi connectivity index (χ2n) is 0. The van der Waals surface area contributed by atoms with Crippen molar-refractivity contribution in [3.63, 3.8) is 0 Å². The molecule has 0 aliphatic carbocycles. The molecule has 9 heteroatoms. The van der Waals surface area contributed by atoms with Gasteiger partial charge in [-0.1, -0.05) is 0 Å². The zero-order valence-corrected chi connectivity index (χ0v) is 9.36. The predicted octanol–water partition coefficient (Wildman–Crippen LogP) is -2.43. The zero-order chi connectivity index (χ0) is 0. The van der Waals surface area contributed by atoms with Crippen LogP contribution in [0.3, 0.4) is 0 Å². The summed E-state index contributed by atoms with van der Waals surface area (Å²) in [7, 11) is 0.